The predicted molar refractivity (Wildman–Crippen MR) is 130 cm³/mol. The van der Waals surface area contributed by atoms with Crippen molar-refractivity contribution in [2.45, 2.75) is 97.8 Å². The molecule has 34 heavy (non-hydrogen) atoms. The number of carbonyl (C=O) groups is 6. The first kappa shape index (κ1) is 39.2. The Morgan fingerprint density at radius 2 is 0.676 bits per heavy atom. The van der Waals surface area contributed by atoms with E-state index in [1.807, 2.05) is 20.8 Å². The van der Waals surface area contributed by atoms with E-state index >= 15 is 0 Å². The number of amides is 3. The molecule has 0 saturated carbocycles. The van der Waals surface area contributed by atoms with E-state index in [2.05, 4.69) is 16.0 Å². The van der Waals surface area contributed by atoms with Gasteiger partial charge in [0.05, 0.1) is 19.3 Å². The Bertz CT molecular complexity index is 516. The Kier molecular flexibility index (Phi) is 33.4. The van der Waals surface area contributed by atoms with Crippen molar-refractivity contribution in [1.82, 2.24) is 16.0 Å². The van der Waals surface area contributed by atoms with Crippen LogP contribution < -0.4 is 16.0 Å². The number of nitrogens with one attached hydrogen (secondary N) is 3. The molecule has 0 aromatic heterocycles. The van der Waals surface area contributed by atoms with Crippen LogP contribution in [0.5, 0.6) is 0 Å². The van der Waals surface area contributed by atoms with Crippen molar-refractivity contribution in [3.63, 3.8) is 0 Å². The van der Waals surface area contributed by atoms with Crippen molar-refractivity contribution in [3.05, 3.63) is 0 Å². The molecule has 0 aromatic carbocycles. The maximum Gasteiger partial charge on any atom is 0.227 e. The fourth-order valence-corrected chi connectivity index (χ4v) is 2.19. The standard InChI is InChI=1S/3C8H15NO2.Fe/c3*1-3-4-5-7(10)6-8(11)9-2;/h3*3-6H2,1-2H3,(H,9,11);. The second-order valence-electron chi connectivity index (χ2n) is 7.48. The third-order valence-electron chi connectivity index (χ3n) is 4.34. The van der Waals surface area contributed by atoms with E-state index < -0.39 is 0 Å². The molecule has 3 amide bonds. The summed E-state index contributed by atoms with van der Waals surface area (Å²) in [5.41, 5.74) is 0. The fourth-order valence-electron chi connectivity index (χ4n) is 2.19. The largest absolute Gasteiger partial charge is 0.359 e. The first-order valence-electron chi connectivity index (χ1n) is 11.8. The molecule has 200 valence electrons. The van der Waals surface area contributed by atoms with Gasteiger partial charge in [-0.2, -0.15) is 0 Å². The molecule has 0 aliphatic carbocycles. The molecule has 0 bridgehead atoms. The number of unbranched alkanes of at least 4 members (excludes halogenated alkanes) is 3. The van der Waals surface area contributed by atoms with Gasteiger partial charge < -0.3 is 16.0 Å². The van der Waals surface area contributed by atoms with Crippen molar-refractivity contribution >= 4 is 35.1 Å². The van der Waals surface area contributed by atoms with Crippen LogP contribution in [0.1, 0.15) is 97.8 Å². The van der Waals surface area contributed by atoms with E-state index in [0.29, 0.717) is 19.3 Å². The number of hydrogen-bond acceptors (Lipinski definition) is 6. The summed E-state index contributed by atoms with van der Waals surface area (Å²) < 4.78 is 0. The molecule has 0 aliphatic heterocycles. The normalized spacial score (nSPS) is 9.00. The van der Waals surface area contributed by atoms with Crippen LogP contribution in [-0.4, -0.2) is 56.2 Å². The third kappa shape index (κ3) is 32.1. The molecule has 0 radical (unpaired) electrons. The van der Waals surface area contributed by atoms with Crippen LogP contribution in [-0.2, 0) is 45.8 Å². The van der Waals surface area contributed by atoms with Crippen molar-refractivity contribution in [2.75, 3.05) is 21.1 Å². The molecular formula is C24H45FeN3O6. The Morgan fingerprint density at radius 3 is 0.824 bits per heavy atom. The Labute approximate surface area is 215 Å². The molecule has 10 heteroatoms. The predicted octanol–water partition coefficient (Wildman–Crippen LogP) is 2.64. The second-order valence-corrected chi connectivity index (χ2v) is 7.48. The summed E-state index contributed by atoms with van der Waals surface area (Å²) in [6, 6.07) is 0. The second kappa shape index (κ2) is 29.0. The van der Waals surface area contributed by atoms with Gasteiger partial charge in [0.25, 0.3) is 0 Å². The third-order valence-corrected chi connectivity index (χ3v) is 4.34. The molecular weight excluding hydrogens is 482 g/mol. The van der Waals surface area contributed by atoms with E-state index in [1.54, 1.807) is 0 Å². The van der Waals surface area contributed by atoms with E-state index in [9.17, 15) is 28.8 Å². The van der Waals surface area contributed by atoms with E-state index in [1.165, 1.54) is 21.1 Å². The Morgan fingerprint density at radius 1 is 0.471 bits per heavy atom. The average molecular weight is 527 g/mol. The summed E-state index contributed by atoms with van der Waals surface area (Å²) in [6.07, 6.45) is 7.36. The van der Waals surface area contributed by atoms with Crippen LogP contribution in [0.3, 0.4) is 0 Å². The van der Waals surface area contributed by atoms with Crippen molar-refractivity contribution in [1.29, 1.82) is 0 Å². The topological polar surface area (TPSA) is 139 Å². The van der Waals surface area contributed by atoms with E-state index in [4.69, 9.17) is 0 Å². The number of carbonyl (C=O) groups excluding carboxylic acids is 6. The van der Waals surface area contributed by atoms with Crippen LogP contribution in [0.2, 0.25) is 0 Å². The molecule has 0 atom stereocenters. The van der Waals surface area contributed by atoms with Gasteiger partial charge >= 0.3 is 0 Å². The van der Waals surface area contributed by atoms with Gasteiger partial charge in [0.2, 0.25) is 17.7 Å². The van der Waals surface area contributed by atoms with Crippen LogP contribution in [0.25, 0.3) is 0 Å². The van der Waals surface area contributed by atoms with Gasteiger partial charge in [-0.1, -0.05) is 40.0 Å². The molecule has 0 fully saturated rings. The van der Waals surface area contributed by atoms with Gasteiger partial charge in [-0.25, -0.2) is 0 Å². The van der Waals surface area contributed by atoms with E-state index in [0.717, 1.165) is 38.5 Å². The smallest absolute Gasteiger partial charge is 0.227 e. The first-order chi connectivity index (χ1) is 15.6. The molecule has 0 spiro atoms. The minimum atomic E-state index is -0.189. The average Bonchev–Trinajstić information content (AvgIpc) is 2.80. The zero-order chi connectivity index (χ0) is 26.1. The number of ketones is 3. The molecule has 0 unspecified atom stereocenters. The van der Waals surface area contributed by atoms with Crippen LogP contribution in [0.15, 0.2) is 0 Å². The molecule has 3 N–H and O–H groups in total. The maximum atomic E-state index is 10.9. The SMILES string of the molecule is CCCCC(=O)CC(=O)NC.CCCCC(=O)CC(=O)NC.CCCCC(=O)CC(=O)NC.[Fe]. The minimum Gasteiger partial charge on any atom is -0.359 e. The molecule has 0 heterocycles. The fraction of sp³-hybridized carbons (Fsp3) is 0.750. The van der Waals surface area contributed by atoms with Gasteiger partial charge in [-0.05, 0) is 19.3 Å². The van der Waals surface area contributed by atoms with Crippen molar-refractivity contribution in [3.8, 4) is 0 Å². The van der Waals surface area contributed by atoms with Crippen LogP contribution in [0, 0.1) is 0 Å². The van der Waals surface area contributed by atoms with Crippen molar-refractivity contribution in [2.24, 2.45) is 0 Å². The zero-order valence-electron chi connectivity index (χ0n) is 21.8. The summed E-state index contributed by atoms with van der Waals surface area (Å²) in [5, 5.41) is 7.24. The van der Waals surface area contributed by atoms with Crippen molar-refractivity contribution < 1.29 is 45.8 Å². The van der Waals surface area contributed by atoms with Crippen LogP contribution in [0.4, 0.5) is 0 Å². The van der Waals surface area contributed by atoms with Gasteiger partial charge in [0.1, 0.15) is 17.3 Å². The summed E-state index contributed by atoms with van der Waals surface area (Å²) in [6.45, 7) is 6.06. The Hall–Kier alpha value is -2.06. The van der Waals surface area contributed by atoms with E-state index in [-0.39, 0.29) is 71.4 Å². The molecule has 9 nitrogen and oxygen atoms in total. The van der Waals surface area contributed by atoms with Gasteiger partial charge in [0, 0.05) is 57.5 Å². The number of hydrogen-bond donors (Lipinski definition) is 3. The maximum absolute atomic E-state index is 10.9. The minimum absolute atomic E-state index is 0. The molecule has 0 rings (SSSR count). The zero-order valence-corrected chi connectivity index (χ0v) is 22.9. The van der Waals surface area contributed by atoms with Crippen LogP contribution >= 0.6 is 0 Å². The molecule has 0 saturated heterocycles. The number of Topliss-reactive ketones (excluding diaryl/α,β-unsaturated/α-hetero) is 3. The Balaban J connectivity index is -0.000000196. The first-order valence-corrected chi connectivity index (χ1v) is 11.8. The molecule has 0 aromatic rings. The van der Waals surface area contributed by atoms with Gasteiger partial charge in [-0.3, -0.25) is 28.8 Å². The van der Waals surface area contributed by atoms with Gasteiger partial charge in [-0.15, -0.1) is 0 Å². The summed E-state index contributed by atoms with van der Waals surface area (Å²) in [7, 11) is 4.61. The summed E-state index contributed by atoms with van der Waals surface area (Å²) >= 11 is 0. The summed E-state index contributed by atoms with van der Waals surface area (Å²) in [5.74, 6) is -0.466. The monoisotopic (exact) mass is 527 g/mol. The van der Waals surface area contributed by atoms with Gasteiger partial charge in [0.15, 0.2) is 0 Å². The molecule has 0 aliphatic rings. The number of rotatable bonds is 15. The summed E-state index contributed by atoms with van der Waals surface area (Å²) in [4.78, 5) is 64.7. The quantitative estimate of drug-likeness (QED) is 0.221.